The van der Waals surface area contributed by atoms with Gasteiger partial charge in [0.15, 0.2) is 0 Å². The smallest absolute Gasteiger partial charge is 0.338 e. The van der Waals surface area contributed by atoms with Crippen molar-refractivity contribution in [3.63, 3.8) is 0 Å². The maximum absolute atomic E-state index is 12.0. The van der Waals surface area contributed by atoms with E-state index in [4.69, 9.17) is 10.00 Å². The van der Waals surface area contributed by atoms with Gasteiger partial charge in [-0.3, -0.25) is 0 Å². The molecule has 5 heteroatoms. The molecule has 4 nitrogen and oxygen atoms in total. The summed E-state index contributed by atoms with van der Waals surface area (Å²) in [5, 5.41) is 11.6. The number of nitriles is 1. The first-order chi connectivity index (χ1) is 11.7. The van der Waals surface area contributed by atoms with E-state index < -0.39 is 5.97 Å². The van der Waals surface area contributed by atoms with E-state index >= 15 is 0 Å². The summed E-state index contributed by atoms with van der Waals surface area (Å²) in [7, 11) is 0. The van der Waals surface area contributed by atoms with Gasteiger partial charge in [0.2, 0.25) is 0 Å². The van der Waals surface area contributed by atoms with E-state index in [0.29, 0.717) is 16.8 Å². The summed E-state index contributed by atoms with van der Waals surface area (Å²) in [6.07, 6.45) is 0. The Morgan fingerprint density at radius 2 is 2.04 bits per heavy atom. The van der Waals surface area contributed by atoms with E-state index in [1.165, 1.54) is 23.0 Å². The number of hydrogen-bond donors (Lipinski definition) is 0. The summed E-state index contributed by atoms with van der Waals surface area (Å²) in [6.45, 7) is 2.15. The largest absolute Gasteiger partial charge is 0.456 e. The standard InChI is InChI=1S/C19H14N2O2S/c1-13-5-7-15(8-6-13)18-21-17(12-24-18)11-23-19(22)16-4-2-3-14(9-16)10-20/h2-9,12H,11H2,1H3. The van der Waals surface area contributed by atoms with Crippen LogP contribution in [0.3, 0.4) is 0 Å². The van der Waals surface area contributed by atoms with Gasteiger partial charge >= 0.3 is 5.97 Å². The van der Waals surface area contributed by atoms with E-state index in [2.05, 4.69) is 4.98 Å². The molecule has 0 aliphatic rings. The topological polar surface area (TPSA) is 63.0 Å². The fourth-order valence-electron chi connectivity index (χ4n) is 2.14. The quantitative estimate of drug-likeness (QED) is 0.666. The number of hydrogen-bond acceptors (Lipinski definition) is 5. The third-order valence-electron chi connectivity index (χ3n) is 3.43. The number of esters is 1. The van der Waals surface area contributed by atoms with E-state index in [9.17, 15) is 4.79 Å². The lowest BCUT2D eigenvalue weighted by Crippen LogP contribution is -2.05. The van der Waals surface area contributed by atoms with Crippen LogP contribution in [0, 0.1) is 18.3 Å². The number of carbonyl (C=O) groups is 1. The van der Waals surface area contributed by atoms with Gasteiger partial charge in [-0.15, -0.1) is 11.3 Å². The van der Waals surface area contributed by atoms with E-state index in [1.807, 2.05) is 42.6 Å². The number of thiazole rings is 1. The van der Waals surface area contributed by atoms with Gasteiger partial charge < -0.3 is 4.74 Å². The molecule has 0 unspecified atom stereocenters. The summed E-state index contributed by atoms with van der Waals surface area (Å²) >= 11 is 1.52. The molecule has 1 heterocycles. The molecule has 0 saturated heterocycles. The van der Waals surface area contributed by atoms with Gasteiger partial charge in [-0.2, -0.15) is 5.26 Å². The first-order valence-corrected chi connectivity index (χ1v) is 8.22. The zero-order chi connectivity index (χ0) is 16.9. The Morgan fingerprint density at radius 1 is 1.25 bits per heavy atom. The Morgan fingerprint density at radius 3 is 2.79 bits per heavy atom. The molecule has 3 aromatic rings. The number of ether oxygens (including phenoxy) is 1. The molecule has 0 spiro atoms. The molecule has 0 atom stereocenters. The van der Waals surface area contributed by atoms with Crippen molar-refractivity contribution in [2.45, 2.75) is 13.5 Å². The molecule has 0 N–H and O–H groups in total. The first kappa shape index (κ1) is 15.9. The molecule has 0 radical (unpaired) electrons. The highest BCUT2D eigenvalue weighted by atomic mass is 32.1. The van der Waals surface area contributed by atoms with E-state index in [1.54, 1.807) is 18.2 Å². The summed E-state index contributed by atoms with van der Waals surface area (Å²) in [6, 6.07) is 16.6. The van der Waals surface area contributed by atoms with Crippen LogP contribution < -0.4 is 0 Å². The van der Waals surface area contributed by atoms with Gasteiger partial charge in [0.25, 0.3) is 0 Å². The van der Waals surface area contributed by atoms with E-state index in [-0.39, 0.29) is 6.61 Å². The number of nitrogens with zero attached hydrogens (tertiary/aromatic N) is 2. The van der Waals surface area contributed by atoms with Gasteiger partial charge in [0, 0.05) is 10.9 Å². The Labute approximate surface area is 144 Å². The lowest BCUT2D eigenvalue weighted by Gasteiger charge is -2.03. The van der Waals surface area contributed by atoms with Crippen LogP contribution in [0.15, 0.2) is 53.9 Å². The SMILES string of the molecule is Cc1ccc(-c2nc(COC(=O)c3cccc(C#N)c3)cs2)cc1. The third kappa shape index (κ3) is 3.67. The van der Waals surface area contributed by atoms with Crippen molar-refractivity contribution in [1.82, 2.24) is 4.98 Å². The van der Waals surface area contributed by atoms with Crippen molar-refractivity contribution in [3.8, 4) is 16.6 Å². The molecular weight excluding hydrogens is 320 g/mol. The van der Waals surface area contributed by atoms with E-state index in [0.717, 1.165) is 10.6 Å². The highest BCUT2D eigenvalue weighted by Crippen LogP contribution is 2.24. The Hall–Kier alpha value is -2.97. The second-order valence-corrected chi connectivity index (χ2v) is 6.14. The van der Waals surface area contributed by atoms with Gasteiger partial charge in [-0.25, -0.2) is 9.78 Å². The molecule has 0 saturated carbocycles. The van der Waals surface area contributed by atoms with Crippen molar-refractivity contribution < 1.29 is 9.53 Å². The summed E-state index contributed by atoms with van der Waals surface area (Å²) in [5.41, 5.74) is 3.75. The van der Waals surface area contributed by atoms with Gasteiger partial charge in [0.05, 0.1) is 22.9 Å². The average molecular weight is 334 g/mol. The molecule has 0 bridgehead atoms. The van der Waals surface area contributed by atoms with Crippen LogP contribution in [-0.2, 0) is 11.3 Å². The van der Waals surface area contributed by atoms with Gasteiger partial charge in [-0.05, 0) is 25.1 Å². The molecule has 0 fully saturated rings. The Balaban J connectivity index is 1.66. The van der Waals surface area contributed by atoms with Gasteiger partial charge in [-0.1, -0.05) is 35.9 Å². The minimum Gasteiger partial charge on any atom is -0.456 e. The summed E-state index contributed by atoms with van der Waals surface area (Å²) in [5.74, 6) is -0.461. The van der Waals surface area contributed by atoms with Crippen LogP contribution in [0.1, 0.15) is 27.2 Å². The molecule has 0 aliphatic heterocycles. The monoisotopic (exact) mass is 334 g/mol. The molecule has 118 valence electrons. The highest BCUT2D eigenvalue weighted by molar-refractivity contribution is 7.13. The molecule has 2 aromatic carbocycles. The number of aryl methyl sites for hydroxylation is 1. The van der Waals surface area contributed by atoms with Gasteiger partial charge in [0.1, 0.15) is 11.6 Å². The predicted molar refractivity (Wildman–Crippen MR) is 92.6 cm³/mol. The number of rotatable bonds is 4. The first-order valence-electron chi connectivity index (χ1n) is 7.34. The Kier molecular flexibility index (Phi) is 4.69. The zero-order valence-electron chi connectivity index (χ0n) is 13.0. The normalized spacial score (nSPS) is 10.2. The lowest BCUT2D eigenvalue weighted by molar-refractivity contribution is 0.0468. The van der Waals surface area contributed by atoms with Crippen molar-refractivity contribution in [2.75, 3.05) is 0 Å². The summed E-state index contributed by atoms with van der Waals surface area (Å²) < 4.78 is 5.28. The predicted octanol–water partition coefficient (Wildman–Crippen LogP) is 4.35. The van der Waals surface area contributed by atoms with Crippen LogP contribution in [0.2, 0.25) is 0 Å². The highest BCUT2D eigenvalue weighted by Gasteiger charge is 2.10. The third-order valence-corrected chi connectivity index (χ3v) is 4.37. The fraction of sp³-hybridized carbons (Fsp3) is 0.105. The maximum atomic E-state index is 12.0. The van der Waals surface area contributed by atoms with Crippen LogP contribution in [0.25, 0.3) is 10.6 Å². The van der Waals surface area contributed by atoms with Crippen molar-refractivity contribution in [2.24, 2.45) is 0 Å². The average Bonchev–Trinajstić information content (AvgIpc) is 3.09. The van der Waals surface area contributed by atoms with Crippen LogP contribution >= 0.6 is 11.3 Å². The Bertz CT molecular complexity index is 908. The van der Waals surface area contributed by atoms with Crippen molar-refractivity contribution in [3.05, 3.63) is 76.3 Å². The molecule has 1 aromatic heterocycles. The number of benzene rings is 2. The maximum Gasteiger partial charge on any atom is 0.338 e. The second-order valence-electron chi connectivity index (χ2n) is 5.28. The molecule has 0 aliphatic carbocycles. The minimum absolute atomic E-state index is 0.109. The van der Waals surface area contributed by atoms with Crippen LogP contribution in [0.4, 0.5) is 0 Å². The van der Waals surface area contributed by atoms with Crippen molar-refractivity contribution in [1.29, 1.82) is 5.26 Å². The minimum atomic E-state index is -0.461. The van der Waals surface area contributed by atoms with Crippen molar-refractivity contribution >= 4 is 17.3 Å². The fourth-order valence-corrected chi connectivity index (χ4v) is 2.95. The molecule has 24 heavy (non-hydrogen) atoms. The second kappa shape index (κ2) is 7.07. The van der Waals surface area contributed by atoms with Crippen LogP contribution in [0.5, 0.6) is 0 Å². The number of carbonyl (C=O) groups excluding carboxylic acids is 1. The molecule has 3 rings (SSSR count). The summed E-state index contributed by atoms with van der Waals surface area (Å²) in [4.78, 5) is 16.5. The zero-order valence-corrected chi connectivity index (χ0v) is 13.8. The lowest BCUT2D eigenvalue weighted by atomic mass is 10.1. The molecular formula is C19H14N2O2S. The number of aromatic nitrogens is 1. The molecule has 0 amide bonds. The van der Waals surface area contributed by atoms with Crippen LogP contribution in [-0.4, -0.2) is 11.0 Å².